The number of rotatable bonds is 4. The maximum atomic E-state index is 12.3. The van der Waals surface area contributed by atoms with Crippen LogP contribution in [0.4, 0.5) is 0 Å². The summed E-state index contributed by atoms with van der Waals surface area (Å²) in [5.74, 6) is 3.07. The highest BCUT2D eigenvalue weighted by molar-refractivity contribution is 7.99. The van der Waals surface area contributed by atoms with E-state index < -0.39 is 0 Å². The molecule has 1 aromatic carbocycles. The topological polar surface area (TPSA) is 61.9 Å². The number of thioether (sulfide) groups is 1. The van der Waals surface area contributed by atoms with E-state index in [0.29, 0.717) is 18.9 Å². The van der Waals surface area contributed by atoms with E-state index >= 15 is 0 Å². The molecule has 2 aliphatic heterocycles. The molecule has 0 aromatic heterocycles. The van der Waals surface area contributed by atoms with Crippen molar-refractivity contribution in [1.29, 1.82) is 0 Å². The monoisotopic (exact) mass is 332 g/mol. The molecule has 0 radical (unpaired) electrons. The number of carbonyl (C=O) groups excluding carboxylic acids is 1. The van der Waals surface area contributed by atoms with Crippen LogP contribution in [0.1, 0.15) is 24.0 Å². The summed E-state index contributed by atoms with van der Waals surface area (Å²) in [5, 5.41) is 0. The van der Waals surface area contributed by atoms with Crippen LogP contribution in [0.15, 0.2) is 29.3 Å². The van der Waals surface area contributed by atoms with Gasteiger partial charge in [-0.2, -0.15) is 11.8 Å². The Morgan fingerprint density at radius 2 is 1.78 bits per heavy atom. The molecule has 2 aliphatic rings. The quantitative estimate of drug-likeness (QED) is 0.518. The van der Waals surface area contributed by atoms with Gasteiger partial charge in [-0.3, -0.25) is 9.79 Å². The Bertz CT molecular complexity index is 559. The van der Waals surface area contributed by atoms with Crippen molar-refractivity contribution in [3.05, 3.63) is 35.4 Å². The van der Waals surface area contributed by atoms with Gasteiger partial charge in [0.05, 0.1) is 0 Å². The number of amides is 1. The predicted octanol–water partition coefficient (Wildman–Crippen LogP) is 1.67. The Kier molecular flexibility index (Phi) is 5.43. The van der Waals surface area contributed by atoms with E-state index in [1.807, 2.05) is 28.8 Å². The first-order chi connectivity index (χ1) is 11.2. The summed E-state index contributed by atoms with van der Waals surface area (Å²) in [7, 11) is 0. The standard InChI is InChI=1S/C17H24N4OS/c18-17(20-8-10-23-11-9-20)19-7-3-6-16(22)21-12-14-4-1-2-5-15(14)13-21/h1-2,4-5H,3,6-13H2,(H2,18,19). The highest BCUT2D eigenvalue weighted by Gasteiger charge is 2.22. The second-order valence-electron chi connectivity index (χ2n) is 5.96. The minimum atomic E-state index is 0.212. The predicted molar refractivity (Wildman–Crippen MR) is 95.3 cm³/mol. The lowest BCUT2D eigenvalue weighted by molar-refractivity contribution is -0.131. The number of nitrogens with two attached hydrogens (primary N) is 1. The summed E-state index contributed by atoms with van der Waals surface area (Å²) in [6.45, 7) is 4.07. The molecular weight excluding hydrogens is 308 g/mol. The summed E-state index contributed by atoms with van der Waals surface area (Å²) in [4.78, 5) is 20.8. The zero-order valence-electron chi connectivity index (χ0n) is 13.4. The molecule has 0 unspecified atom stereocenters. The Labute approximate surface area is 141 Å². The summed E-state index contributed by atoms with van der Waals surface area (Å²) < 4.78 is 0. The van der Waals surface area contributed by atoms with E-state index in [2.05, 4.69) is 22.0 Å². The van der Waals surface area contributed by atoms with Gasteiger partial charge in [-0.05, 0) is 17.5 Å². The number of fused-ring (bicyclic) bond motifs is 1. The number of hydrogen-bond donors (Lipinski definition) is 1. The average molecular weight is 332 g/mol. The molecule has 5 nitrogen and oxygen atoms in total. The van der Waals surface area contributed by atoms with Gasteiger partial charge < -0.3 is 15.5 Å². The van der Waals surface area contributed by atoms with Crippen molar-refractivity contribution < 1.29 is 4.79 Å². The maximum absolute atomic E-state index is 12.3. The van der Waals surface area contributed by atoms with Crippen LogP contribution in [-0.4, -0.2) is 52.8 Å². The molecule has 0 saturated carbocycles. The zero-order chi connectivity index (χ0) is 16.1. The largest absolute Gasteiger partial charge is 0.370 e. The number of aliphatic imine (C=N–C) groups is 1. The fourth-order valence-corrected chi connectivity index (χ4v) is 3.89. The van der Waals surface area contributed by atoms with E-state index in [4.69, 9.17) is 5.73 Å². The molecule has 124 valence electrons. The second-order valence-corrected chi connectivity index (χ2v) is 7.19. The van der Waals surface area contributed by atoms with Crippen molar-refractivity contribution in [3.8, 4) is 0 Å². The molecule has 1 aromatic rings. The Morgan fingerprint density at radius 3 is 2.43 bits per heavy atom. The molecule has 2 N–H and O–H groups in total. The van der Waals surface area contributed by atoms with Gasteiger partial charge >= 0.3 is 0 Å². The van der Waals surface area contributed by atoms with Crippen molar-refractivity contribution in [2.75, 3.05) is 31.1 Å². The van der Waals surface area contributed by atoms with Gasteiger partial charge in [-0.25, -0.2) is 0 Å². The fourth-order valence-electron chi connectivity index (χ4n) is 2.98. The van der Waals surface area contributed by atoms with Crippen molar-refractivity contribution >= 4 is 23.6 Å². The van der Waals surface area contributed by atoms with Crippen LogP contribution in [0.2, 0.25) is 0 Å². The average Bonchev–Trinajstić information content (AvgIpc) is 3.03. The number of nitrogens with zero attached hydrogens (tertiary/aromatic N) is 3. The first-order valence-electron chi connectivity index (χ1n) is 8.21. The first-order valence-corrected chi connectivity index (χ1v) is 9.36. The number of hydrogen-bond acceptors (Lipinski definition) is 3. The minimum absolute atomic E-state index is 0.212. The van der Waals surface area contributed by atoms with Crippen LogP contribution in [0.5, 0.6) is 0 Å². The highest BCUT2D eigenvalue weighted by atomic mass is 32.2. The van der Waals surface area contributed by atoms with Crippen molar-refractivity contribution in [1.82, 2.24) is 9.80 Å². The molecular formula is C17H24N4OS. The molecule has 3 rings (SSSR count). The lowest BCUT2D eigenvalue weighted by Gasteiger charge is -2.27. The van der Waals surface area contributed by atoms with E-state index in [-0.39, 0.29) is 5.91 Å². The maximum Gasteiger partial charge on any atom is 0.223 e. The zero-order valence-corrected chi connectivity index (χ0v) is 14.2. The van der Waals surface area contributed by atoms with Crippen LogP contribution in [0.3, 0.4) is 0 Å². The van der Waals surface area contributed by atoms with Crippen molar-refractivity contribution in [3.63, 3.8) is 0 Å². The first kappa shape index (κ1) is 16.2. The molecule has 0 spiro atoms. The summed E-state index contributed by atoms with van der Waals surface area (Å²) in [6, 6.07) is 8.27. The SMILES string of the molecule is NC(=NCCCC(=O)N1Cc2ccccc2C1)N1CCSCC1. The van der Waals surface area contributed by atoms with Gasteiger partial charge in [0.1, 0.15) is 0 Å². The third kappa shape index (κ3) is 4.19. The fraction of sp³-hybridized carbons (Fsp3) is 0.529. The third-order valence-electron chi connectivity index (χ3n) is 4.35. The molecule has 0 atom stereocenters. The number of guanidine groups is 1. The van der Waals surface area contributed by atoms with Crippen LogP contribution in [-0.2, 0) is 17.9 Å². The van der Waals surface area contributed by atoms with Crippen LogP contribution >= 0.6 is 11.8 Å². The normalized spacial score (nSPS) is 18.2. The second kappa shape index (κ2) is 7.73. The summed E-state index contributed by atoms with van der Waals surface area (Å²) >= 11 is 1.95. The molecule has 0 aliphatic carbocycles. The van der Waals surface area contributed by atoms with Gasteiger partial charge in [-0.15, -0.1) is 0 Å². The van der Waals surface area contributed by atoms with Gasteiger partial charge in [0.15, 0.2) is 5.96 Å². The van der Waals surface area contributed by atoms with E-state index in [1.165, 1.54) is 11.1 Å². The molecule has 1 saturated heterocycles. The number of benzene rings is 1. The van der Waals surface area contributed by atoms with Gasteiger partial charge in [-0.1, -0.05) is 24.3 Å². The van der Waals surface area contributed by atoms with Gasteiger partial charge in [0.25, 0.3) is 0 Å². The van der Waals surface area contributed by atoms with Crippen molar-refractivity contribution in [2.45, 2.75) is 25.9 Å². The van der Waals surface area contributed by atoms with E-state index in [1.54, 1.807) is 0 Å². The third-order valence-corrected chi connectivity index (χ3v) is 5.29. The van der Waals surface area contributed by atoms with E-state index in [0.717, 1.165) is 44.1 Å². The lowest BCUT2D eigenvalue weighted by atomic mass is 10.1. The summed E-state index contributed by atoms with van der Waals surface area (Å²) in [6.07, 6.45) is 1.30. The van der Waals surface area contributed by atoms with Crippen LogP contribution in [0, 0.1) is 0 Å². The molecule has 2 heterocycles. The molecule has 23 heavy (non-hydrogen) atoms. The smallest absolute Gasteiger partial charge is 0.223 e. The Hall–Kier alpha value is -1.69. The van der Waals surface area contributed by atoms with Crippen molar-refractivity contribution in [2.24, 2.45) is 10.7 Å². The highest BCUT2D eigenvalue weighted by Crippen LogP contribution is 2.22. The minimum Gasteiger partial charge on any atom is -0.370 e. The van der Waals surface area contributed by atoms with Crippen LogP contribution < -0.4 is 5.73 Å². The molecule has 6 heteroatoms. The Balaban J connectivity index is 1.40. The van der Waals surface area contributed by atoms with Crippen LogP contribution in [0.25, 0.3) is 0 Å². The molecule has 0 bridgehead atoms. The molecule has 1 fully saturated rings. The van der Waals surface area contributed by atoms with Gasteiger partial charge in [0.2, 0.25) is 5.91 Å². The van der Waals surface area contributed by atoms with Gasteiger partial charge in [0, 0.05) is 50.7 Å². The van der Waals surface area contributed by atoms with E-state index in [9.17, 15) is 4.79 Å². The summed E-state index contributed by atoms with van der Waals surface area (Å²) in [5.41, 5.74) is 8.56. The lowest BCUT2D eigenvalue weighted by Crippen LogP contribution is -2.42. The molecule has 1 amide bonds. The Morgan fingerprint density at radius 1 is 1.13 bits per heavy atom. The number of carbonyl (C=O) groups is 1.